The van der Waals surface area contributed by atoms with E-state index in [4.69, 9.17) is 23.2 Å². The molecule has 2 nitrogen and oxygen atoms in total. The van der Waals surface area contributed by atoms with Crippen LogP contribution in [0.15, 0.2) is 54.1 Å². The Hall–Kier alpha value is -1.32. The minimum absolute atomic E-state index is 0.0583. The average molecular weight is 378 g/mol. The molecule has 2 aromatic rings. The fourth-order valence-corrected chi connectivity index (χ4v) is 3.79. The van der Waals surface area contributed by atoms with Crippen LogP contribution >= 0.6 is 23.2 Å². The highest BCUT2D eigenvalue weighted by molar-refractivity contribution is 6.34. The van der Waals surface area contributed by atoms with Crippen LogP contribution in [-0.2, 0) is 5.60 Å². The molecular weight excluding hydrogens is 353 g/mol. The Bertz CT molecular complexity index is 723. The maximum atomic E-state index is 11.8. The molecule has 2 atom stereocenters. The first-order chi connectivity index (χ1) is 11.7. The van der Waals surface area contributed by atoms with Crippen LogP contribution in [0.4, 0.5) is 0 Å². The smallest absolute Gasteiger partial charge is 0.115 e. The fourth-order valence-electron chi connectivity index (χ4n) is 3.26. The van der Waals surface area contributed by atoms with E-state index >= 15 is 0 Å². The summed E-state index contributed by atoms with van der Waals surface area (Å²) in [6.07, 6.45) is 2.01. The van der Waals surface area contributed by atoms with Crippen LogP contribution in [0.3, 0.4) is 0 Å². The molecule has 0 heterocycles. The Balaban J connectivity index is 2.57. The summed E-state index contributed by atoms with van der Waals surface area (Å²) in [4.78, 5) is 2.07. The maximum absolute atomic E-state index is 11.8. The summed E-state index contributed by atoms with van der Waals surface area (Å²) in [5.74, 6) is -0.0583. The zero-order valence-electron chi connectivity index (χ0n) is 15.1. The molecule has 4 heteroatoms. The summed E-state index contributed by atoms with van der Waals surface area (Å²) in [5.41, 5.74) is 1.44. The van der Waals surface area contributed by atoms with Gasteiger partial charge < -0.3 is 10.0 Å². The fraction of sp³-hybridized carbons (Fsp3) is 0.333. The van der Waals surface area contributed by atoms with Crippen molar-refractivity contribution in [1.29, 1.82) is 0 Å². The molecule has 0 aliphatic rings. The molecule has 0 saturated carbocycles. The van der Waals surface area contributed by atoms with Gasteiger partial charge >= 0.3 is 0 Å². The van der Waals surface area contributed by atoms with Crippen LogP contribution in [0.2, 0.25) is 10.0 Å². The van der Waals surface area contributed by atoms with Crippen LogP contribution in [0, 0.1) is 5.92 Å². The number of rotatable bonds is 6. The van der Waals surface area contributed by atoms with Crippen LogP contribution in [-0.4, -0.2) is 30.6 Å². The molecule has 0 aliphatic carbocycles. The molecule has 2 unspecified atom stereocenters. The summed E-state index contributed by atoms with van der Waals surface area (Å²) in [5, 5.41) is 12.8. The predicted molar refractivity (Wildman–Crippen MR) is 108 cm³/mol. The topological polar surface area (TPSA) is 23.5 Å². The average Bonchev–Trinajstić information content (AvgIpc) is 2.53. The van der Waals surface area contributed by atoms with Crippen molar-refractivity contribution < 1.29 is 5.11 Å². The summed E-state index contributed by atoms with van der Waals surface area (Å²) in [6, 6.07) is 15.3. The van der Waals surface area contributed by atoms with Crippen molar-refractivity contribution in [2.75, 3.05) is 20.6 Å². The van der Waals surface area contributed by atoms with E-state index in [-0.39, 0.29) is 5.92 Å². The molecule has 0 spiro atoms. The van der Waals surface area contributed by atoms with Gasteiger partial charge in [0.15, 0.2) is 0 Å². The SMILES string of the molecule is C/C(=C/c1ccccc1)C(O)(c1cc(Cl)cc(Cl)c1)C(C)CN(C)C. The molecule has 0 amide bonds. The van der Waals surface area contributed by atoms with Crippen molar-refractivity contribution in [3.05, 3.63) is 75.3 Å². The van der Waals surface area contributed by atoms with Gasteiger partial charge in [-0.1, -0.05) is 66.5 Å². The van der Waals surface area contributed by atoms with Crippen LogP contribution in [0.25, 0.3) is 6.08 Å². The minimum atomic E-state index is -1.17. The predicted octanol–water partition coefficient (Wildman–Crippen LogP) is 5.48. The third-order valence-corrected chi connectivity index (χ3v) is 4.88. The lowest BCUT2D eigenvalue weighted by molar-refractivity contribution is 0.0105. The number of aliphatic hydroxyl groups is 1. The highest BCUT2D eigenvalue weighted by Gasteiger charge is 2.38. The molecule has 0 aliphatic heterocycles. The van der Waals surface area contributed by atoms with Gasteiger partial charge in [-0.2, -0.15) is 0 Å². The number of halogens is 2. The molecule has 2 aromatic carbocycles. The number of benzene rings is 2. The van der Waals surface area contributed by atoms with Gasteiger partial charge in [0.1, 0.15) is 5.60 Å². The summed E-state index contributed by atoms with van der Waals surface area (Å²) in [7, 11) is 4.00. The van der Waals surface area contributed by atoms with E-state index in [2.05, 4.69) is 4.90 Å². The van der Waals surface area contributed by atoms with Gasteiger partial charge in [-0.25, -0.2) is 0 Å². The molecule has 134 valence electrons. The van der Waals surface area contributed by atoms with Crippen molar-refractivity contribution in [2.45, 2.75) is 19.4 Å². The van der Waals surface area contributed by atoms with Gasteiger partial charge in [0.05, 0.1) is 0 Å². The quantitative estimate of drug-likeness (QED) is 0.719. The highest BCUT2D eigenvalue weighted by atomic mass is 35.5. The first-order valence-corrected chi connectivity index (χ1v) is 9.06. The second kappa shape index (κ2) is 8.37. The summed E-state index contributed by atoms with van der Waals surface area (Å²) in [6.45, 7) is 4.71. The van der Waals surface area contributed by atoms with Crippen molar-refractivity contribution in [1.82, 2.24) is 4.90 Å². The first kappa shape index (κ1) is 20.0. The molecule has 0 aromatic heterocycles. The lowest BCUT2D eigenvalue weighted by Gasteiger charge is -2.37. The largest absolute Gasteiger partial charge is 0.380 e. The van der Waals surface area contributed by atoms with E-state index < -0.39 is 5.60 Å². The normalized spacial score (nSPS) is 15.9. The minimum Gasteiger partial charge on any atom is -0.380 e. The first-order valence-electron chi connectivity index (χ1n) is 8.31. The van der Waals surface area contributed by atoms with Crippen LogP contribution in [0.1, 0.15) is 25.0 Å². The van der Waals surface area contributed by atoms with Gasteiger partial charge in [0.2, 0.25) is 0 Å². The second-order valence-electron chi connectivity index (χ2n) is 6.83. The Morgan fingerprint density at radius 3 is 2.20 bits per heavy atom. The van der Waals surface area contributed by atoms with Gasteiger partial charge in [-0.3, -0.25) is 0 Å². The van der Waals surface area contributed by atoms with Crippen LogP contribution in [0.5, 0.6) is 0 Å². The van der Waals surface area contributed by atoms with E-state index in [0.717, 1.165) is 17.7 Å². The van der Waals surface area contributed by atoms with Gasteiger partial charge in [0, 0.05) is 22.5 Å². The van der Waals surface area contributed by atoms with E-state index in [1.165, 1.54) is 0 Å². The van der Waals surface area contributed by atoms with E-state index in [1.807, 2.05) is 64.4 Å². The Morgan fingerprint density at radius 2 is 1.68 bits per heavy atom. The number of hydrogen-bond donors (Lipinski definition) is 1. The number of nitrogens with zero attached hydrogens (tertiary/aromatic N) is 1. The third kappa shape index (κ3) is 4.86. The van der Waals surface area contributed by atoms with Crippen molar-refractivity contribution in [2.24, 2.45) is 5.92 Å². The van der Waals surface area contributed by atoms with Crippen molar-refractivity contribution >= 4 is 29.3 Å². The Kier molecular flexibility index (Phi) is 6.70. The molecule has 0 radical (unpaired) electrons. The maximum Gasteiger partial charge on any atom is 0.115 e. The van der Waals surface area contributed by atoms with E-state index in [1.54, 1.807) is 18.2 Å². The molecule has 0 saturated heterocycles. The second-order valence-corrected chi connectivity index (χ2v) is 7.70. The van der Waals surface area contributed by atoms with Gasteiger partial charge in [0.25, 0.3) is 0 Å². The van der Waals surface area contributed by atoms with Crippen molar-refractivity contribution in [3.8, 4) is 0 Å². The lowest BCUT2D eigenvalue weighted by atomic mass is 9.76. The summed E-state index contributed by atoms with van der Waals surface area (Å²) < 4.78 is 0. The van der Waals surface area contributed by atoms with Crippen molar-refractivity contribution in [3.63, 3.8) is 0 Å². The monoisotopic (exact) mass is 377 g/mol. The zero-order chi connectivity index (χ0) is 18.6. The molecular formula is C21H25Cl2NO. The molecule has 25 heavy (non-hydrogen) atoms. The Morgan fingerprint density at radius 1 is 1.12 bits per heavy atom. The summed E-state index contributed by atoms with van der Waals surface area (Å²) >= 11 is 12.4. The number of hydrogen-bond acceptors (Lipinski definition) is 2. The van der Waals surface area contributed by atoms with Crippen LogP contribution < -0.4 is 0 Å². The van der Waals surface area contributed by atoms with Gasteiger partial charge in [-0.15, -0.1) is 0 Å². The lowest BCUT2D eigenvalue weighted by Crippen LogP contribution is -2.40. The standard InChI is InChI=1S/C21H25Cl2NO/c1-15(10-17-8-6-5-7-9-17)21(25,16(2)14-24(3)4)18-11-19(22)13-20(23)12-18/h5-13,16,25H,14H2,1-4H3/b15-10-. The van der Waals surface area contributed by atoms with Gasteiger partial charge in [-0.05, 0) is 55.9 Å². The molecule has 1 N–H and O–H groups in total. The highest BCUT2D eigenvalue weighted by Crippen LogP contribution is 2.40. The molecule has 0 fully saturated rings. The third-order valence-electron chi connectivity index (χ3n) is 4.44. The molecule has 2 rings (SSSR count). The van der Waals surface area contributed by atoms with E-state index in [0.29, 0.717) is 15.6 Å². The Labute approximate surface area is 160 Å². The zero-order valence-corrected chi connectivity index (χ0v) is 16.6. The van der Waals surface area contributed by atoms with E-state index in [9.17, 15) is 5.11 Å². The molecule has 0 bridgehead atoms.